The van der Waals surface area contributed by atoms with E-state index in [1.165, 1.54) is 270 Å². The minimum absolute atomic E-state index is 0.109. The molecule has 3 N–H and O–H groups in total. The third-order valence-corrected chi connectivity index (χ3v) is 21.4. The van der Waals surface area contributed by atoms with E-state index in [4.69, 9.17) is 37.0 Å². The summed E-state index contributed by atoms with van der Waals surface area (Å²) >= 11 is 0. The zero-order valence-electron chi connectivity index (χ0n) is 66.8. The minimum atomic E-state index is -4.96. The fraction of sp³-hybridized carbons (Fsp3) is 0.952. The predicted octanol–water partition coefficient (Wildman–Crippen LogP) is 25.2. The topological polar surface area (TPSA) is 237 Å². The van der Waals surface area contributed by atoms with Crippen molar-refractivity contribution in [2.24, 2.45) is 5.92 Å². The molecule has 0 rings (SSSR count). The van der Waals surface area contributed by atoms with Crippen LogP contribution in [0, 0.1) is 5.92 Å². The second-order valence-corrected chi connectivity index (χ2v) is 33.3. The van der Waals surface area contributed by atoms with Gasteiger partial charge in [0.05, 0.1) is 26.4 Å². The summed E-state index contributed by atoms with van der Waals surface area (Å²) in [6, 6.07) is 0. The summed E-state index contributed by atoms with van der Waals surface area (Å²) in [6.07, 6.45) is 68.0. The summed E-state index contributed by atoms with van der Waals surface area (Å²) in [4.78, 5) is 73.1. The molecule has 0 spiro atoms. The Morgan fingerprint density at radius 3 is 0.667 bits per heavy atom. The first kappa shape index (κ1) is 100. The van der Waals surface area contributed by atoms with Gasteiger partial charge >= 0.3 is 39.5 Å². The van der Waals surface area contributed by atoms with E-state index in [0.717, 1.165) is 95.8 Å². The van der Waals surface area contributed by atoms with E-state index in [2.05, 4.69) is 34.6 Å². The van der Waals surface area contributed by atoms with Crippen molar-refractivity contribution in [1.29, 1.82) is 0 Å². The Kier molecular flexibility index (Phi) is 74.4. The molecule has 102 heavy (non-hydrogen) atoms. The molecule has 606 valence electrons. The Bertz CT molecular complexity index is 1940. The van der Waals surface area contributed by atoms with E-state index in [0.29, 0.717) is 25.7 Å². The zero-order chi connectivity index (χ0) is 74.8. The Balaban J connectivity index is 5.21. The fourth-order valence-electron chi connectivity index (χ4n) is 12.9. The Labute approximate surface area is 626 Å². The van der Waals surface area contributed by atoms with Crippen LogP contribution in [0.15, 0.2) is 0 Å². The molecular formula is C83H162O17P2. The number of rotatable bonds is 83. The largest absolute Gasteiger partial charge is 0.472 e. The lowest BCUT2D eigenvalue weighted by molar-refractivity contribution is -0.161. The van der Waals surface area contributed by atoms with Gasteiger partial charge in [0.1, 0.15) is 19.3 Å². The number of phosphoric acid groups is 2. The van der Waals surface area contributed by atoms with E-state index in [1.807, 2.05) is 0 Å². The lowest BCUT2D eigenvalue weighted by Crippen LogP contribution is -2.30. The predicted molar refractivity (Wildman–Crippen MR) is 418 cm³/mol. The van der Waals surface area contributed by atoms with Crippen LogP contribution < -0.4 is 0 Å². The number of ether oxygens (including phenoxy) is 4. The van der Waals surface area contributed by atoms with Crippen LogP contribution in [0.1, 0.15) is 446 Å². The van der Waals surface area contributed by atoms with Crippen LogP contribution in [0.4, 0.5) is 0 Å². The maximum absolute atomic E-state index is 13.1. The highest BCUT2D eigenvalue weighted by molar-refractivity contribution is 7.47. The average Bonchev–Trinajstić information content (AvgIpc) is 0.913. The Hall–Kier alpha value is -1.94. The molecule has 0 aromatic carbocycles. The molecule has 0 aromatic heterocycles. The molecule has 19 heteroatoms. The lowest BCUT2D eigenvalue weighted by Gasteiger charge is -2.21. The second kappa shape index (κ2) is 75.9. The van der Waals surface area contributed by atoms with Gasteiger partial charge in [0.15, 0.2) is 12.2 Å². The number of hydrogen-bond acceptors (Lipinski definition) is 15. The van der Waals surface area contributed by atoms with Crippen molar-refractivity contribution >= 4 is 39.5 Å². The van der Waals surface area contributed by atoms with Gasteiger partial charge in [-0.25, -0.2) is 9.13 Å². The smallest absolute Gasteiger partial charge is 0.462 e. The average molecular weight is 1490 g/mol. The lowest BCUT2D eigenvalue weighted by atomic mass is 10.0. The van der Waals surface area contributed by atoms with Gasteiger partial charge in [-0.2, -0.15) is 0 Å². The fourth-order valence-corrected chi connectivity index (χ4v) is 14.5. The zero-order valence-corrected chi connectivity index (χ0v) is 68.5. The Morgan fingerprint density at radius 2 is 0.451 bits per heavy atom. The van der Waals surface area contributed by atoms with Crippen LogP contribution >= 0.6 is 15.6 Å². The quantitative estimate of drug-likeness (QED) is 0.0222. The molecule has 0 heterocycles. The molecule has 5 atom stereocenters. The molecule has 0 aliphatic rings. The molecule has 0 bridgehead atoms. The first-order valence-corrected chi connectivity index (χ1v) is 46.1. The number of aliphatic hydroxyl groups excluding tert-OH is 1. The van der Waals surface area contributed by atoms with Crippen molar-refractivity contribution in [3.63, 3.8) is 0 Å². The normalized spacial score (nSPS) is 13.8. The van der Waals surface area contributed by atoms with Crippen molar-refractivity contribution in [3.05, 3.63) is 0 Å². The van der Waals surface area contributed by atoms with Crippen LogP contribution in [-0.2, 0) is 65.4 Å². The summed E-state index contributed by atoms with van der Waals surface area (Å²) in [5, 5.41) is 10.7. The van der Waals surface area contributed by atoms with Crippen molar-refractivity contribution < 1.29 is 80.2 Å². The number of hydrogen-bond donors (Lipinski definition) is 3. The highest BCUT2D eigenvalue weighted by atomic mass is 31.2. The minimum Gasteiger partial charge on any atom is -0.462 e. The molecule has 0 aliphatic carbocycles. The number of phosphoric ester groups is 2. The standard InChI is InChI=1S/C83H162O17P2/c1-6-9-12-15-18-21-23-25-27-29-30-31-35-40-44-49-54-59-64-69-83(88)100-79(73-94-81(86)67-62-57-52-47-42-38-36-32-33-37-41-46-50-55-60-65-76(4)5)75-98-102(91,92)96-71-77(84)70-95-101(89,90)97-74-78(72-93-80(85)66-61-56-51-45-20-17-14-11-8-3)99-82(87)68-63-58-53-48-43-39-34-28-26-24-22-19-16-13-10-7-2/h76-79,84H,6-75H2,1-5H3,(H,89,90)(H,91,92)/t77-,78+,79+/m0/s1. The van der Waals surface area contributed by atoms with Crippen molar-refractivity contribution in [3.8, 4) is 0 Å². The van der Waals surface area contributed by atoms with E-state index in [-0.39, 0.29) is 25.7 Å². The second-order valence-electron chi connectivity index (χ2n) is 30.3. The third-order valence-electron chi connectivity index (χ3n) is 19.5. The van der Waals surface area contributed by atoms with Gasteiger partial charge in [0.25, 0.3) is 0 Å². The van der Waals surface area contributed by atoms with Crippen molar-refractivity contribution in [2.75, 3.05) is 39.6 Å². The summed E-state index contributed by atoms with van der Waals surface area (Å²) < 4.78 is 68.8. The van der Waals surface area contributed by atoms with Gasteiger partial charge in [0.2, 0.25) is 0 Å². The molecule has 0 aliphatic heterocycles. The molecule has 17 nitrogen and oxygen atoms in total. The monoisotopic (exact) mass is 1490 g/mol. The van der Waals surface area contributed by atoms with Crippen molar-refractivity contribution in [2.45, 2.75) is 464 Å². The van der Waals surface area contributed by atoms with Crippen molar-refractivity contribution in [1.82, 2.24) is 0 Å². The molecule has 0 saturated carbocycles. The molecule has 0 aromatic rings. The summed E-state index contributed by atoms with van der Waals surface area (Å²) in [7, 11) is -9.92. The number of carbonyl (C=O) groups is 4. The molecule has 0 fully saturated rings. The van der Waals surface area contributed by atoms with E-state index >= 15 is 0 Å². The summed E-state index contributed by atoms with van der Waals surface area (Å²) in [5.41, 5.74) is 0. The van der Waals surface area contributed by atoms with Gasteiger partial charge in [-0.1, -0.05) is 394 Å². The molecule has 2 unspecified atom stereocenters. The van der Waals surface area contributed by atoms with E-state index in [9.17, 15) is 43.2 Å². The number of esters is 4. The van der Waals surface area contributed by atoms with Crippen LogP contribution in [0.5, 0.6) is 0 Å². The van der Waals surface area contributed by atoms with Crippen LogP contribution in [0.25, 0.3) is 0 Å². The van der Waals surface area contributed by atoms with Crippen LogP contribution in [-0.4, -0.2) is 96.7 Å². The SMILES string of the molecule is CCCCCCCCCCCCCCCCCCCCCC(=O)O[C@H](COC(=O)CCCCCCCCCCCCCCCCCC(C)C)COP(=O)(O)OC[C@@H](O)COP(=O)(O)OC[C@@H](COC(=O)CCCCCCCCCCC)OC(=O)CCCCCCCCCCCCCCCCCC. The van der Waals surface area contributed by atoms with Crippen LogP contribution in [0.2, 0.25) is 0 Å². The first-order valence-electron chi connectivity index (χ1n) is 43.1. The summed E-state index contributed by atoms with van der Waals surface area (Å²) in [6.45, 7) is 7.36. The van der Waals surface area contributed by atoms with E-state index < -0.39 is 97.5 Å². The van der Waals surface area contributed by atoms with Crippen LogP contribution in [0.3, 0.4) is 0 Å². The summed E-state index contributed by atoms with van der Waals surface area (Å²) in [5.74, 6) is -1.30. The van der Waals surface area contributed by atoms with Gasteiger partial charge in [-0.05, 0) is 31.6 Å². The number of unbranched alkanes of at least 4 members (excludes halogenated alkanes) is 55. The van der Waals surface area contributed by atoms with Gasteiger partial charge < -0.3 is 33.8 Å². The number of carbonyl (C=O) groups excluding carboxylic acids is 4. The third kappa shape index (κ3) is 76.3. The van der Waals surface area contributed by atoms with Gasteiger partial charge in [0, 0.05) is 25.7 Å². The Morgan fingerprint density at radius 1 is 0.265 bits per heavy atom. The van der Waals surface area contributed by atoms with Gasteiger partial charge in [-0.3, -0.25) is 37.3 Å². The molecular weight excluding hydrogens is 1330 g/mol. The highest BCUT2D eigenvalue weighted by Crippen LogP contribution is 2.45. The number of aliphatic hydroxyl groups is 1. The van der Waals surface area contributed by atoms with E-state index in [1.54, 1.807) is 0 Å². The first-order chi connectivity index (χ1) is 49.5. The van der Waals surface area contributed by atoms with Gasteiger partial charge in [-0.15, -0.1) is 0 Å². The maximum Gasteiger partial charge on any atom is 0.472 e. The molecule has 0 radical (unpaired) electrons. The highest BCUT2D eigenvalue weighted by Gasteiger charge is 2.30. The molecule has 0 amide bonds. The maximum atomic E-state index is 13.1. The molecule has 0 saturated heterocycles.